The number of aliphatic hydroxyl groups excluding tert-OH is 4. The molecule has 1 saturated heterocycles. The van der Waals surface area contributed by atoms with Crippen molar-refractivity contribution >= 4 is 29.6 Å². The van der Waals surface area contributed by atoms with Gasteiger partial charge in [0.1, 0.15) is 24.0 Å². The number of unbranched alkanes of at least 4 members (excludes halogenated alkanes) is 8. The lowest BCUT2D eigenvalue weighted by Gasteiger charge is -2.63. The Morgan fingerprint density at radius 1 is 0.812 bits per heavy atom. The van der Waals surface area contributed by atoms with Gasteiger partial charge in [0.15, 0.2) is 11.5 Å². The van der Waals surface area contributed by atoms with Gasteiger partial charge in [-0.1, -0.05) is 85.6 Å². The largest absolute Gasteiger partial charge is 0.466 e. The van der Waals surface area contributed by atoms with Gasteiger partial charge in [0, 0.05) is 67.2 Å². The van der Waals surface area contributed by atoms with E-state index < -0.39 is 129 Å². The molecule has 80 heavy (non-hydrogen) atoms. The lowest BCUT2D eigenvalue weighted by atomic mass is 9.44. The summed E-state index contributed by atoms with van der Waals surface area (Å²) in [4.78, 5) is 67.6. The molecule has 3 saturated carbocycles. The number of ether oxygens (including phenoxy) is 3. The lowest BCUT2D eigenvalue weighted by Crippen LogP contribution is -2.71. The van der Waals surface area contributed by atoms with Crippen LogP contribution < -0.4 is 10.6 Å². The van der Waals surface area contributed by atoms with E-state index in [0.717, 1.165) is 63.9 Å². The number of carbonyl (C=O) groups excluding carboxylic acids is 5. The van der Waals surface area contributed by atoms with Crippen molar-refractivity contribution in [3.63, 3.8) is 0 Å². The molecule has 19 heteroatoms. The molecule has 1 unspecified atom stereocenters. The summed E-state index contributed by atoms with van der Waals surface area (Å²) in [6.45, 7) is 18.6. The minimum atomic E-state index is -2.33. The number of rotatable bonds is 22. The van der Waals surface area contributed by atoms with Crippen LogP contribution in [-0.4, -0.2) is 170 Å². The number of ketones is 1. The van der Waals surface area contributed by atoms with E-state index >= 15 is 8.78 Å². The summed E-state index contributed by atoms with van der Waals surface area (Å²) in [6.07, 6.45) is 5.21. The maximum absolute atomic E-state index is 17.7. The van der Waals surface area contributed by atoms with Gasteiger partial charge in [-0.2, -0.15) is 0 Å². The van der Waals surface area contributed by atoms with E-state index in [0.29, 0.717) is 45.6 Å². The molecule has 0 aromatic heterocycles. The van der Waals surface area contributed by atoms with Gasteiger partial charge >= 0.3 is 17.9 Å². The number of alkyl halides is 2. The summed E-state index contributed by atoms with van der Waals surface area (Å²) < 4.78 is 50.8. The summed E-state index contributed by atoms with van der Waals surface area (Å²) in [7, 11) is 1.21. The molecule has 4 aliphatic carbocycles. The highest BCUT2D eigenvalue weighted by Crippen LogP contribution is 2.71. The number of amides is 1. The zero-order valence-corrected chi connectivity index (χ0v) is 49.9. The predicted octanol–water partition coefficient (Wildman–Crippen LogP) is 6.30. The number of nitrogens with one attached hydrogen (secondary N) is 2. The fourth-order valence-electron chi connectivity index (χ4n) is 15.1. The number of esters is 3. The molecule has 1 amide bonds. The molecule has 19 atom stereocenters. The van der Waals surface area contributed by atoms with Crippen LogP contribution in [0.5, 0.6) is 0 Å². The first-order chi connectivity index (χ1) is 37.4. The SMILES string of the molecule is CC[C@H]1OC(=O)[C@H](C)[C@@H](O)[C@H](C)[C@@H](O)[C@](C)(O)C[C@@H](C)CN(CCCNC(=O)CCCCCCCCCCCNCCC(=O)O[C@]2(C(=O)OC)[C@H](C)C[C@H]3C4C[C@H](F)C5=CC(=O)C=C[C@]5(C)[C@@]4(F)[C@@H](O)C[C@@]32C)[C@H](C)[C@@H](O)[C@]1(C)O. The number of methoxy groups -OCH3 is 1. The van der Waals surface area contributed by atoms with E-state index in [4.69, 9.17) is 14.2 Å². The molecule has 0 spiro atoms. The van der Waals surface area contributed by atoms with Gasteiger partial charge in [0.05, 0.1) is 43.4 Å². The van der Waals surface area contributed by atoms with E-state index in [1.54, 1.807) is 34.6 Å². The lowest BCUT2D eigenvalue weighted by molar-refractivity contribution is -0.238. The first kappa shape index (κ1) is 67.4. The van der Waals surface area contributed by atoms with E-state index in [-0.39, 0.29) is 55.9 Å². The first-order valence-corrected chi connectivity index (χ1v) is 30.1. The average Bonchev–Trinajstić information content (AvgIpc) is 3.65. The molecule has 458 valence electrons. The molecular weight excluding hydrogens is 1040 g/mol. The van der Waals surface area contributed by atoms with Crippen LogP contribution in [0.3, 0.4) is 0 Å². The van der Waals surface area contributed by atoms with Crippen molar-refractivity contribution in [3.8, 4) is 0 Å². The second-order valence-corrected chi connectivity index (χ2v) is 25.8. The highest BCUT2D eigenvalue weighted by Gasteiger charge is 2.79. The summed E-state index contributed by atoms with van der Waals surface area (Å²) in [5, 5.41) is 75.0. The van der Waals surface area contributed by atoms with Crippen LogP contribution in [0.15, 0.2) is 23.8 Å². The van der Waals surface area contributed by atoms with Crippen molar-refractivity contribution in [2.24, 2.45) is 46.3 Å². The Labute approximate surface area is 474 Å². The number of hydrogen-bond donors (Lipinski definition) is 8. The van der Waals surface area contributed by atoms with Crippen LogP contribution in [0.4, 0.5) is 8.78 Å². The third-order valence-electron chi connectivity index (χ3n) is 19.9. The quantitative estimate of drug-likeness (QED) is 0.0336. The Kier molecular flexibility index (Phi) is 23.6. The maximum atomic E-state index is 17.7. The molecule has 0 bridgehead atoms. The van der Waals surface area contributed by atoms with Crippen LogP contribution in [0.25, 0.3) is 0 Å². The Bertz CT molecular complexity index is 2180. The third kappa shape index (κ3) is 14.0. The van der Waals surface area contributed by atoms with Crippen molar-refractivity contribution in [1.82, 2.24) is 15.5 Å². The highest BCUT2D eigenvalue weighted by atomic mass is 19.1. The van der Waals surface area contributed by atoms with E-state index in [1.807, 2.05) is 11.8 Å². The average molecular weight is 1140 g/mol. The van der Waals surface area contributed by atoms with Crippen molar-refractivity contribution in [1.29, 1.82) is 0 Å². The standard InChI is InChI=1S/C61H101F2N3O14/c1-12-48-59(10,77)53(73)41(6)66(36-37(2)34-58(9,76)52(72)39(4)51(71)40(5)54(74)79-48)30-22-28-65-49(69)23-20-18-16-14-13-15-17-19-21-27-64-29-25-50(70)80-61(55(75)78-11)38(3)31-43-44-33-46(62)45-32-42(67)24-26-56(45,7)60(44,63)47(68)35-57(43,61)8/h24,26,32,37-41,43-44,46-48,51-53,64,68,71-73,76-77H,12-23,25,27-31,33-36H2,1-11H3,(H,65,69)/t37-,38-,39+,40-,41-,43+,44?,46+,47+,48-,51+,52-,53-,56+,57+,58-,59-,60+,61+/m1/s1. The van der Waals surface area contributed by atoms with Crippen molar-refractivity contribution < 1.29 is 77.6 Å². The Morgan fingerprint density at radius 2 is 1.44 bits per heavy atom. The highest BCUT2D eigenvalue weighted by molar-refractivity contribution is 6.01. The molecule has 1 aliphatic heterocycles. The van der Waals surface area contributed by atoms with Gasteiger partial charge in [-0.25, -0.2) is 13.6 Å². The molecule has 17 nitrogen and oxygen atoms in total. The maximum Gasteiger partial charge on any atom is 0.351 e. The Hall–Kier alpha value is -3.43. The Morgan fingerprint density at radius 3 is 2.06 bits per heavy atom. The van der Waals surface area contributed by atoms with Crippen molar-refractivity contribution in [2.75, 3.05) is 39.8 Å². The number of hydrogen-bond acceptors (Lipinski definition) is 16. The van der Waals surface area contributed by atoms with Crippen molar-refractivity contribution in [3.05, 3.63) is 23.8 Å². The van der Waals surface area contributed by atoms with Gasteiger partial charge in [0.2, 0.25) is 11.5 Å². The molecule has 0 aromatic carbocycles. The topological polar surface area (TPSA) is 262 Å². The molecule has 0 aromatic rings. The van der Waals surface area contributed by atoms with Crippen LogP contribution >= 0.6 is 0 Å². The van der Waals surface area contributed by atoms with Crippen LogP contribution in [0.2, 0.25) is 0 Å². The number of allylic oxidation sites excluding steroid dienone is 4. The fraction of sp³-hybridized carbons (Fsp3) is 0.852. The minimum absolute atomic E-state index is 0.0132. The first-order valence-electron chi connectivity index (χ1n) is 30.1. The molecular formula is C61H101F2N3O14. The molecule has 8 N–H and O–H groups in total. The van der Waals surface area contributed by atoms with Gasteiger partial charge < -0.3 is 55.5 Å². The third-order valence-corrected chi connectivity index (χ3v) is 19.9. The number of halogens is 2. The van der Waals surface area contributed by atoms with E-state index in [2.05, 4.69) is 10.6 Å². The molecule has 1 heterocycles. The zero-order valence-electron chi connectivity index (χ0n) is 49.9. The normalized spacial score (nSPS) is 40.8. The molecule has 5 rings (SSSR count). The monoisotopic (exact) mass is 1140 g/mol. The van der Waals surface area contributed by atoms with E-state index in [1.165, 1.54) is 47.0 Å². The predicted molar refractivity (Wildman–Crippen MR) is 298 cm³/mol. The van der Waals surface area contributed by atoms with Crippen LogP contribution in [0, 0.1) is 46.3 Å². The van der Waals surface area contributed by atoms with Gasteiger partial charge in [-0.05, 0) is 122 Å². The number of cyclic esters (lactones) is 1. The number of aliphatic hydroxyl groups is 6. The zero-order chi connectivity index (χ0) is 59.8. The van der Waals surface area contributed by atoms with Gasteiger partial charge in [-0.15, -0.1) is 0 Å². The number of nitrogens with zero attached hydrogens (tertiary/aromatic N) is 1. The smallest absolute Gasteiger partial charge is 0.351 e. The van der Waals surface area contributed by atoms with Crippen LogP contribution in [0.1, 0.15) is 178 Å². The van der Waals surface area contributed by atoms with Crippen LogP contribution in [-0.2, 0) is 38.2 Å². The van der Waals surface area contributed by atoms with E-state index in [9.17, 15) is 54.6 Å². The minimum Gasteiger partial charge on any atom is -0.466 e. The second kappa shape index (κ2) is 28.0. The molecule has 4 fully saturated rings. The molecule has 0 radical (unpaired) electrons. The Balaban J connectivity index is 0.969. The summed E-state index contributed by atoms with van der Waals surface area (Å²) in [6, 6.07) is -0.628. The second-order valence-electron chi connectivity index (χ2n) is 25.8. The van der Waals surface area contributed by atoms with Gasteiger partial charge in [0.25, 0.3) is 0 Å². The summed E-state index contributed by atoms with van der Waals surface area (Å²) >= 11 is 0. The molecule has 5 aliphatic rings. The van der Waals surface area contributed by atoms with Gasteiger partial charge in [-0.3, -0.25) is 24.1 Å². The summed E-state index contributed by atoms with van der Waals surface area (Å²) in [5.41, 5.74) is -10.5. The summed E-state index contributed by atoms with van der Waals surface area (Å²) in [5.74, 6) is -7.12. The van der Waals surface area contributed by atoms with Crippen molar-refractivity contribution in [2.45, 2.75) is 244 Å². The fourth-order valence-corrected chi connectivity index (χ4v) is 15.1. The number of carbonyl (C=O) groups is 5. The number of fused-ring (bicyclic) bond motifs is 5.